The SMILES string of the molecule is COc1ccc(C2C(C(=O)c3ccc(C)cc3)=C(C)C(=O)N2C)cc1. The van der Waals surface area contributed by atoms with Crippen LogP contribution in [0.4, 0.5) is 0 Å². The van der Waals surface area contributed by atoms with Gasteiger partial charge < -0.3 is 9.64 Å². The van der Waals surface area contributed by atoms with Crippen molar-refractivity contribution < 1.29 is 14.3 Å². The smallest absolute Gasteiger partial charge is 0.250 e. The zero-order chi connectivity index (χ0) is 18.1. The average molecular weight is 335 g/mol. The zero-order valence-electron chi connectivity index (χ0n) is 14.9. The first-order valence-electron chi connectivity index (χ1n) is 8.17. The summed E-state index contributed by atoms with van der Waals surface area (Å²) < 4.78 is 5.20. The van der Waals surface area contributed by atoms with Gasteiger partial charge in [-0.3, -0.25) is 9.59 Å². The van der Waals surface area contributed by atoms with E-state index in [1.165, 1.54) is 0 Å². The fraction of sp³-hybridized carbons (Fsp3) is 0.238. The van der Waals surface area contributed by atoms with Crippen LogP contribution < -0.4 is 4.74 Å². The molecule has 1 heterocycles. The number of methoxy groups -OCH3 is 1. The molecule has 1 amide bonds. The Bertz CT molecular complexity index is 848. The van der Waals surface area contributed by atoms with E-state index in [2.05, 4.69) is 0 Å². The van der Waals surface area contributed by atoms with Crippen LogP contribution in [0.5, 0.6) is 5.75 Å². The summed E-state index contributed by atoms with van der Waals surface area (Å²) in [7, 11) is 3.34. The van der Waals surface area contributed by atoms with E-state index >= 15 is 0 Å². The minimum atomic E-state index is -0.382. The molecule has 1 unspecified atom stereocenters. The first-order chi connectivity index (χ1) is 11.9. The van der Waals surface area contributed by atoms with Crippen molar-refractivity contribution in [2.45, 2.75) is 19.9 Å². The van der Waals surface area contributed by atoms with Crippen LogP contribution in [0.3, 0.4) is 0 Å². The molecule has 2 aromatic rings. The van der Waals surface area contributed by atoms with Crippen molar-refractivity contribution in [2.75, 3.05) is 14.2 Å². The van der Waals surface area contributed by atoms with Gasteiger partial charge in [0.1, 0.15) is 5.75 Å². The van der Waals surface area contributed by atoms with Crippen molar-refractivity contribution in [1.29, 1.82) is 0 Å². The molecule has 4 heteroatoms. The van der Waals surface area contributed by atoms with Crippen LogP contribution >= 0.6 is 0 Å². The van der Waals surface area contributed by atoms with E-state index in [1.54, 1.807) is 26.0 Å². The van der Waals surface area contributed by atoms with Gasteiger partial charge in [-0.15, -0.1) is 0 Å². The molecule has 0 saturated carbocycles. The number of carbonyl (C=O) groups excluding carboxylic acids is 2. The van der Waals surface area contributed by atoms with E-state index < -0.39 is 0 Å². The normalized spacial score (nSPS) is 17.2. The lowest BCUT2D eigenvalue weighted by Gasteiger charge is -2.23. The summed E-state index contributed by atoms with van der Waals surface area (Å²) in [5.74, 6) is 0.523. The third-order valence-corrected chi connectivity index (χ3v) is 4.70. The van der Waals surface area contributed by atoms with Crippen molar-refractivity contribution in [2.24, 2.45) is 0 Å². The second-order valence-electron chi connectivity index (χ2n) is 6.33. The number of ketones is 1. The summed E-state index contributed by atoms with van der Waals surface area (Å²) in [6.07, 6.45) is 0. The predicted octanol–water partition coefficient (Wildman–Crippen LogP) is 3.72. The monoisotopic (exact) mass is 335 g/mol. The molecule has 4 nitrogen and oxygen atoms in total. The third-order valence-electron chi connectivity index (χ3n) is 4.70. The van der Waals surface area contributed by atoms with Crippen molar-refractivity contribution >= 4 is 11.7 Å². The van der Waals surface area contributed by atoms with Crippen LogP contribution in [0.25, 0.3) is 0 Å². The summed E-state index contributed by atoms with van der Waals surface area (Å²) in [6.45, 7) is 3.70. The van der Waals surface area contributed by atoms with Crippen LogP contribution in [0.2, 0.25) is 0 Å². The van der Waals surface area contributed by atoms with Gasteiger partial charge in [0, 0.05) is 23.8 Å². The Morgan fingerprint density at radius 3 is 2.16 bits per heavy atom. The molecule has 0 N–H and O–H groups in total. The van der Waals surface area contributed by atoms with E-state index in [4.69, 9.17) is 4.74 Å². The number of hydrogen-bond acceptors (Lipinski definition) is 3. The highest BCUT2D eigenvalue weighted by Crippen LogP contribution is 2.38. The summed E-state index contributed by atoms with van der Waals surface area (Å²) >= 11 is 0. The number of Topliss-reactive ketones (excluding diaryl/α,β-unsaturated/α-hetero) is 1. The summed E-state index contributed by atoms with van der Waals surface area (Å²) in [5, 5.41) is 0. The molecular weight excluding hydrogens is 314 g/mol. The van der Waals surface area contributed by atoms with E-state index in [0.29, 0.717) is 16.7 Å². The Hall–Kier alpha value is -2.88. The van der Waals surface area contributed by atoms with E-state index in [1.807, 2.05) is 55.5 Å². The Labute approximate surface area is 147 Å². The van der Waals surface area contributed by atoms with Gasteiger partial charge in [-0.05, 0) is 31.5 Å². The molecule has 0 bridgehead atoms. The molecule has 1 aliphatic rings. The first kappa shape index (κ1) is 17.0. The molecule has 0 saturated heterocycles. The summed E-state index contributed by atoms with van der Waals surface area (Å²) in [4.78, 5) is 27.2. The number of ether oxygens (including phenoxy) is 1. The number of likely N-dealkylation sites (N-methyl/N-ethyl adjacent to an activating group) is 1. The molecule has 1 atom stereocenters. The second kappa shape index (κ2) is 6.55. The van der Waals surface area contributed by atoms with Gasteiger partial charge >= 0.3 is 0 Å². The lowest BCUT2D eigenvalue weighted by Crippen LogP contribution is -2.26. The molecule has 0 radical (unpaired) electrons. The fourth-order valence-corrected chi connectivity index (χ4v) is 3.23. The van der Waals surface area contributed by atoms with Gasteiger partial charge in [0.15, 0.2) is 5.78 Å². The van der Waals surface area contributed by atoms with Gasteiger partial charge in [-0.1, -0.05) is 42.0 Å². The number of benzene rings is 2. The standard InChI is InChI=1S/C21H21NO3/c1-13-5-7-16(8-6-13)20(23)18-14(2)21(24)22(3)19(18)15-9-11-17(25-4)12-10-15/h5-12,19H,1-4H3. The summed E-state index contributed by atoms with van der Waals surface area (Å²) in [6, 6.07) is 14.5. The van der Waals surface area contributed by atoms with E-state index in [0.717, 1.165) is 16.9 Å². The number of amides is 1. The lowest BCUT2D eigenvalue weighted by atomic mass is 9.91. The van der Waals surface area contributed by atoms with Crippen molar-refractivity contribution in [3.63, 3.8) is 0 Å². The minimum Gasteiger partial charge on any atom is -0.497 e. The Morgan fingerprint density at radius 2 is 1.60 bits per heavy atom. The number of nitrogens with zero attached hydrogens (tertiary/aromatic N) is 1. The van der Waals surface area contributed by atoms with Gasteiger partial charge in [-0.2, -0.15) is 0 Å². The van der Waals surface area contributed by atoms with Crippen molar-refractivity contribution in [3.05, 3.63) is 76.4 Å². The van der Waals surface area contributed by atoms with Gasteiger partial charge in [0.05, 0.1) is 13.2 Å². The van der Waals surface area contributed by atoms with Crippen LogP contribution in [-0.2, 0) is 4.79 Å². The van der Waals surface area contributed by atoms with Crippen LogP contribution in [0.15, 0.2) is 59.7 Å². The Kier molecular flexibility index (Phi) is 4.45. The molecule has 3 rings (SSSR count). The molecule has 128 valence electrons. The number of carbonyl (C=O) groups is 2. The number of hydrogen-bond donors (Lipinski definition) is 0. The number of rotatable bonds is 4. The molecule has 0 aliphatic carbocycles. The van der Waals surface area contributed by atoms with Gasteiger partial charge in [0.2, 0.25) is 0 Å². The van der Waals surface area contributed by atoms with Crippen LogP contribution in [0.1, 0.15) is 34.5 Å². The quantitative estimate of drug-likeness (QED) is 0.800. The molecule has 25 heavy (non-hydrogen) atoms. The molecule has 2 aromatic carbocycles. The Morgan fingerprint density at radius 1 is 1.00 bits per heavy atom. The predicted molar refractivity (Wildman–Crippen MR) is 96.7 cm³/mol. The molecule has 0 aromatic heterocycles. The van der Waals surface area contributed by atoms with Gasteiger partial charge in [-0.25, -0.2) is 0 Å². The Balaban J connectivity index is 2.05. The van der Waals surface area contributed by atoms with Crippen molar-refractivity contribution in [3.8, 4) is 5.75 Å². The highest BCUT2D eigenvalue weighted by molar-refractivity contribution is 6.16. The topological polar surface area (TPSA) is 46.6 Å². The maximum absolute atomic E-state index is 13.1. The summed E-state index contributed by atoms with van der Waals surface area (Å²) in [5.41, 5.74) is 3.63. The number of aryl methyl sites for hydroxylation is 1. The van der Waals surface area contributed by atoms with E-state index in [-0.39, 0.29) is 17.7 Å². The minimum absolute atomic E-state index is 0.101. The molecule has 0 fully saturated rings. The molecule has 0 spiro atoms. The molecule has 1 aliphatic heterocycles. The molecular formula is C21H21NO3. The highest BCUT2D eigenvalue weighted by atomic mass is 16.5. The fourth-order valence-electron chi connectivity index (χ4n) is 3.23. The maximum Gasteiger partial charge on any atom is 0.250 e. The average Bonchev–Trinajstić information content (AvgIpc) is 2.86. The zero-order valence-corrected chi connectivity index (χ0v) is 14.9. The van der Waals surface area contributed by atoms with Crippen LogP contribution in [-0.4, -0.2) is 30.7 Å². The second-order valence-corrected chi connectivity index (χ2v) is 6.33. The largest absolute Gasteiger partial charge is 0.497 e. The van der Waals surface area contributed by atoms with Crippen LogP contribution in [0, 0.1) is 6.92 Å². The van der Waals surface area contributed by atoms with Crippen molar-refractivity contribution in [1.82, 2.24) is 4.90 Å². The van der Waals surface area contributed by atoms with E-state index in [9.17, 15) is 9.59 Å². The van der Waals surface area contributed by atoms with Gasteiger partial charge in [0.25, 0.3) is 5.91 Å². The first-order valence-corrected chi connectivity index (χ1v) is 8.17. The third kappa shape index (κ3) is 2.95. The lowest BCUT2D eigenvalue weighted by molar-refractivity contribution is -0.125. The maximum atomic E-state index is 13.1. The highest BCUT2D eigenvalue weighted by Gasteiger charge is 2.39.